The molecule has 0 aliphatic rings. The fourth-order valence-electron chi connectivity index (χ4n) is 0.950. The van der Waals surface area contributed by atoms with Crippen molar-refractivity contribution in [3.8, 4) is 0 Å². The van der Waals surface area contributed by atoms with E-state index in [1.165, 1.54) is 19.0 Å². The Morgan fingerprint density at radius 2 is 2.05 bits per heavy atom. The van der Waals surface area contributed by atoms with Crippen molar-refractivity contribution in [2.45, 2.75) is 20.0 Å². The molecule has 0 aromatic carbocycles. The molecule has 0 saturated heterocycles. The Morgan fingerprint density at radius 3 is 2.47 bits per heavy atom. The summed E-state index contributed by atoms with van der Waals surface area (Å²) in [6, 6.07) is -1.89. The average molecular weight is 288 g/mol. The zero-order valence-corrected chi connectivity index (χ0v) is 12.4. The van der Waals surface area contributed by atoms with Crippen molar-refractivity contribution in [2.24, 2.45) is 0 Å². The highest BCUT2D eigenvalue weighted by Crippen LogP contribution is 2.04. The first-order valence-electron chi connectivity index (χ1n) is 5.60. The van der Waals surface area contributed by atoms with E-state index in [0.29, 0.717) is 10.7 Å². The maximum absolute atomic E-state index is 11.9. The van der Waals surface area contributed by atoms with Gasteiger partial charge in [-0.1, -0.05) is 6.08 Å². The Hall–Kier alpha value is -1.70. The van der Waals surface area contributed by atoms with Crippen LogP contribution in [0.4, 0.5) is 9.59 Å². The van der Waals surface area contributed by atoms with Gasteiger partial charge in [-0.2, -0.15) is 4.90 Å². The van der Waals surface area contributed by atoms with Crippen molar-refractivity contribution in [2.75, 3.05) is 19.8 Å². The van der Waals surface area contributed by atoms with Crippen molar-refractivity contribution in [1.82, 2.24) is 14.5 Å². The van der Waals surface area contributed by atoms with E-state index in [-0.39, 0.29) is 6.10 Å². The van der Waals surface area contributed by atoms with E-state index in [0.717, 1.165) is 11.9 Å². The number of hydrogen-bond donors (Lipinski definition) is 2. The molecule has 4 amide bonds. The Morgan fingerprint density at radius 1 is 1.47 bits per heavy atom. The zero-order valence-electron chi connectivity index (χ0n) is 11.6. The third-order valence-corrected chi connectivity index (χ3v) is 2.41. The van der Waals surface area contributed by atoms with Crippen molar-refractivity contribution in [1.29, 1.82) is 5.41 Å². The summed E-state index contributed by atoms with van der Waals surface area (Å²) in [6.07, 6.45) is 1.30. The number of rotatable bonds is 4. The Kier molecular flexibility index (Phi) is 7.66. The van der Waals surface area contributed by atoms with Gasteiger partial charge in [-0.25, -0.2) is 9.59 Å². The van der Waals surface area contributed by atoms with Gasteiger partial charge >= 0.3 is 18.1 Å². The van der Waals surface area contributed by atoms with Crippen LogP contribution < -0.4 is 4.72 Å². The molecule has 0 aliphatic carbocycles. The lowest BCUT2D eigenvalue weighted by Crippen LogP contribution is -2.50. The summed E-state index contributed by atoms with van der Waals surface area (Å²) < 4.78 is 7.52. The summed E-state index contributed by atoms with van der Waals surface area (Å²) in [7, 11) is 2.98. The second-order valence-electron chi connectivity index (χ2n) is 3.99. The molecule has 8 heteroatoms. The fourth-order valence-corrected chi connectivity index (χ4v) is 1.37. The van der Waals surface area contributed by atoms with E-state index >= 15 is 0 Å². The van der Waals surface area contributed by atoms with Gasteiger partial charge in [0.25, 0.3) is 0 Å². The molecular weight excluding hydrogens is 268 g/mol. The van der Waals surface area contributed by atoms with Gasteiger partial charge in [0.15, 0.2) is 0 Å². The molecule has 0 heterocycles. The maximum atomic E-state index is 11.9. The topological polar surface area (TPSA) is 85.7 Å². The molecule has 0 bridgehead atoms. The van der Waals surface area contributed by atoms with Crippen LogP contribution in [0.25, 0.3) is 0 Å². The van der Waals surface area contributed by atoms with Gasteiger partial charge in [-0.05, 0) is 25.8 Å². The molecule has 0 atom stereocenters. The molecule has 0 saturated carbocycles. The summed E-state index contributed by atoms with van der Waals surface area (Å²) in [5.41, 5.74) is 0. The number of hydrogen-bond acceptors (Lipinski definition) is 5. The lowest BCUT2D eigenvalue weighted by atomic mass is 10.5. The Labute approximate surface area is 117 Å². The first-order valence-corrected chi connectivity index (χ1v) is 6.59. The number of amides is 4. The number of amidine groups is 1. The highest BCUT2D eigenvalue weighted by Gasteiger charge is 2.29. The second kappa shape index (κ2) is 8.41. The highest BCUT2D eigenvalue weighted by molar-refractivity contribution is 7.98. The molecule has 0 aliphatic heterocycles. The van der Waals surface area contributed by atoms with Gasteiger partial charge in [0.2, 0.25) is 0 Å². The third-order valence-electron chi connectivity index (χ3n) is 1.69. The maximum Gasteiger partial charge on any atom is 0.343 e. The van der Waals surface area contributed by atoms with Crippen LogP contribution >= 0.6 is 11.9 Å². The minimum absolute atomic E-state index is 0.307. The van der Waals surface area contributed by atoms with Gasteiger partial charge < -0.3 is 9.64 Å². The minimum atomic E-state index is -0.726. The standard InChI is InChI=1S/C11H20N4O3S/c1-6-7-19-13-10(16)15(11(17)14(4)5)9(12)18-8(2)3/h6,8,12H,1,7H2,2-5H3,(H,13,16). The summed E-state index contributed by atoms with van der Waals surface area (Å²) >= 11 is 1.07. The molecule has 0 radical (unpaired) electrons. The van der Waals surface area contributed by atoms with Gasteiger partial charge in [-0.3, -0.25) is 10.1 Å². The monoisotopic (exact) mass is 288 g/mol. The summed E-state index contributed by atoms with van der Waals surface area (Å²) in [6.45, 7) is 6.92. The first kappa shape index (κ1) is 17.3. The van der Waals surface area contributed by atoms with Crippen molar-refractivity contribution < 1.29 is 14.3 Å². The van der Waals surface area contributed by atoms with Crippen LogP contribution in [0.3, 0.4) is 0 Å². The number of nitrogens with zero attached hydrogens (tertiary/aromatic N) is 2. The normalized spacial score (nSPS) is 9.74. The molecule has 0 fully saturated rings. The Bertz CT molecular complexity index is 358. The largest absolute Gasteiger partial charge is 0.462 e. The molecule has 108 valence electrons. The van der Waals surface area contributed by atoms with Gasteiger partial charge in [0.1, 0.15) is 0 Å². The minimum Gasteiger partial charge on any atom is -0.462 e. The molecule has 0 aromatic rings. The number of carbonyl (C=O) groups is 2. The second-order valence-corrected chi connectivity index (χ2v) is 4.82. The predicted octanol–water partition coefficient (Wildman–Crippen LogP) is 1.87. The molecule has 0 spiro atoms. The number of urea groups is 2. The highest BCUT2D eigenvalue weighted by atomic mass is 32.2. The van der Waals surface area contributed by atoms with Crippen molar-refractivity contribution >= 4 is 30.0 Å². The molecule has 19 heavy (non-hydrogen) atoms. The van der Waals surface area contributed by atoms with Gasteiger partial charge in [0, 0.05) is 19.8 Å². The number of ether oxygens (including phenoxy) is 1. The van der Waals surface area contributed by atoms with E-state index in [2.05, 4.69) is 11.3 Å². The van der Waals surface area contributed by atoms with Crippen molar-refractivity contribution in [3.05, 3.63) is 12.7 Å². The first-order chi connectivity index (χ1) is 8.81. The van der Waals surface area contributed by atoms with E-state index in [4.69, 9.17) is 10.1 Å². The lowest BCUT2D eigenvalue weighted by Gasteiger charge is -2.25. The van der Waals surface area contributed by atoms with E-state index < -0.39 is 18.1 Å². The molecule has 2 N–H and O–H groups in total. The van der Waals surface area contributed by atoms with Crippen LogP contribution in [0.5, 0.6) is 0 Å². The zero-order chi connectivity index (χ0) is 15.0. The molecule has 7 nitrogen and oxygen atoms in total. The van der Waals surface area contributed by atoms with Crippen LogP contribution in [0.1, 0.15) is 13.8 Å². The van der Waals surface area contributed by atoms with Gasteiger partial charge in [0.05, 0.1) is 6.10 Å². The van der Waals surface area contributed by atoms with E-state index in [9.17, 15) is 9.59 Å². The summed E-state index contributed by atoms with van der Waals surface area (Å²) in [5.74, 6) is 0.494. The number of nitrogens with one attached hydrogen (secondary N) is 2. The molecule has 0 rings (SSSR count). The van der Waals surface area contributed by atoms with Crippen LogP contribution in [0.15, 0.2) is 12.7 Å². The number of carbonyl (C=O) groups excluding carboxylic acids is 2. The SMILES string of the molecule is C=CCSNC(=O)N(C(=N)OC(C)C)C(=O)N(C)C. The Balaban J connectivity index is 4.85. The van der Waals surface area contributed by atoms with Crippen molar-refractivity contribution in [3.63, 3.8) is 0 Å². The van der Waals surface area contributed by atoms with Crippen LogP contribution in [0.2, 0.25) is 0 Å². The number of imide groups is 1. The van der Waals surface area contributed by atoms with E-state index in [1.54, 1.807) is 19.9 Å². The third kappa shape index (κ3) is 6.14. The summed E-state index contributed by atoms with van der Waals surface area (Å²) in [4.78, 5) is 25.6. The van der Waals surface area contributed by atoms with Crippen LogP contribution in [0, 0.1) is 5.41 Å². The lowest BCUT2D eigenvalue weighted by molar-refractivity contribution is 0.158. The van der Waals surface area contributed by atoms with E-state index in [1.807, 2.05) is 0 Å². The predicted molar refractivity (Wildman–Crippen MR) is 76.1 cm³/mol. The van der Waals surface area contributed by atoms with Gasteiger partial charge in [-0.15, -0.1) is 6.58 Å². The molecule has 0 unspecified atom stereocenters. The molecular formula is C11H20N4O3S. The molecule has 0 aromatic heterocycles. The quantitative estimate of drug-likeness (QED) is 0.272. The van der Waals surface area contributed by atoms with Crippen LogP contribution in [-0.4, -0.2) is 53.8 Å². The van der Waals surface area contributed by atoms with Crippen LogP contribution in [-0.2, 0) is 4.74 Å². The average Bonchev–Trinajstić information content (AvgIpc) is 2.28. The smallest absolute Gasteiger partial charge is 0.343 e. The summed E-state index contributed by atoms with van der Waals surface area (Å²) in [5, 5.41) is 7.68. The fraction of sp³-hybridized carbons (Fsp3) is 0.545.